The standard InChI is InChI=1S/C34H35F4N5O2/c35-9-7-19-3-1-4-20-11-24(44)12-25(28(19)20)29-27(37)13-26-31(30(29)38)40-33(41-32(26)42-16-22-5-6-23(17-42)39-22)45-18-34-8-2-10-43(34)15-21(36)14-34/h1,3-4,11-13,21-23,39,44H,2,5-10,14-18H2/t21-,22?,23?,34+/m1/s1. The second kappa shape index (κ2) is 11.0. The molecule has 0 radical (unpaired) electrons. The first kappa shape index (κ1) is 28.8. The van der Waals surface area contributed by atoms with Gasteiger partial charge in [0.1, 0.15) is 35.7 Å². The van der Waals surface area contributed by atoms with E-state index < -0.39 is 30.0 Å². The predicted octanol–water partition coefficient (Wildman–Crippen LogP) is 5.84. The number of fused-ring (bicyclic) bond motifs is 5. The number of piperazine rings is 1. The molecule has 7 nitrogen and oxygen atoms in total. The molecule has 4 aliphatic rings. The number of ether oxygens (including phenoxy) is 1. The largest absolute Gasteiger partial charge is 0.508 e. The summed E-state index contributed by atoms with van der Waals surface area (Å²) in [4.78, 5) is 13.4. The van der Waals surface area contributed by atoms with Gasteiger partial charge in [0.2, 0.25) is 0 Å². The van der Waals surface area contributed by atoms with Crippen LogP contribution in [0.4, 0.5) is 23.4 Å². The SMILES string of the molecule is Oc1cc(-c2c(F)cc3c(N4CC5CCC(C4)N5)nc(OC[C@@]45CCCN4C[C@H](F)C5)nc3c2F)c2c(CCF)cccc2c1. The first-order valence-electron chi connectivity index (χ1n) is 15.9. The number of aromatic hydroxyl groups is 1. The molecule has 3 aromatic carbocycles. The number of hydrogen-bond donors (Lipinski definition) is 2. The molecule has 236 valence electrons. The minimum atomic E-state index is -0.930. The average Bonchev–Trinajstić information content (AvgIpc) is 3.66. The molecule has 1 aromatic heterocycles. The Morgan fingerprint density at radius 2 is 1.89 bits per heavy atom. The Labute approximate surface area is 258 Å². The predicted molar refractivity (Wildman–Crippen MR) is 164 cm³/mol. The second-order valence-corrected chi connectivity index (χ2v) is 13.1. The van der Waals surface area contributed by atoms with Crippen LogP contribution in [-0.2, 0) is 6.42 Å². The van der Waals surface area contributed by atoms with Crippen LogP contribution in [-0.4, -0.2) is 83.2 Å². The van der Waals surface area contributed by atoms with E-state index in [0.29, 0.717) is 48.2 Å². The third-order valence-electron chi connectivity index (χ3n) is 10.3. The van der Waals surface area contributed by atoms with E-state index in [9.17, 15) is 13.9 Å². The summed E-state index contributed by atoms with van der Waals surface area (Å²) in [5.74, 6) is -1.52. The molecular weight excluding hydrogens is 586 g/mol. The molecule has 4 fully saturated rings. The fourth-order valence-corrected chi connectivity index (χ4v) is 8.33. The van der Waals surface area contributed by atoms with Gasteiger partial charge in [-0.15, -0.1) is 0 Å². The number of benzene rings is 3. The van der Waals surface area contributed by atoms with Crippen LogP contribution in [0.5, 0.6) is 11.8 Å². The van der Waals surface area contributed by atoms with Crippen LogP contribution in [0.3, 0.4) is 0 Å². The molecule has 0 saturated carbocycles. The number of hydrogen-bond acceptors (Lipinski definition) is 7. The summed E-state index contributed by atoms with van der Waals surface area (Å²) in [5, 5.41) is 15.4. The van der Waals surface area contributed by atoms with Gasteiger partial charge in [0.25, 0.3) is 0 Å². The number of alkyl halides is 2. The highest BCUT2D eigenvalue weighted by atomic mass is 19.1. The van der Waals surface area contributed by atoms with Crippen molar-refractivity contribution in [2.24, 2.45) is 0 Å². The van der Waals surface area contributed by atoms with Gasteiger partial charge < -0.3 is 20.1 Å². The minimum absolute atomic E-state index is 0.0396. The molecule has 0 aliphatic carbocycles. The van der Waals surface area contributed by atoms with E-state index in [2.05, 4.69) is 15.2 Å². The third-order valence-corrected chi connectivity index (χ3v) is 10.3. The monoisotopic (exact) mass is 621 g/mol. The topological polar surface area (TPSA) is 73.8 Å². The summed E-state index contributed by atoms with van der Waals surface area (Å²) in [7, 11) is 0. The van der Waals surface area contributed by atoms with Crippen LogP contribution in [0.1, 0.15) is 37.7 Å². The van der Waals surface area contributed by atoms with Gasteiger partial charge in [0.05, 0.1) is 17.8 Å². The zero-order chi connectivity index (χ0) is 30.9. The van der Waals surface area contributed by atoms with Gasteiger partial charge in [-0.25, -0.2) is 13.2 Å². The number of nitrogens with one attached hydrogen (secondary N) is 1. The number of halogens is 4. The van der Waals surface area contributed by atoms with E-state index >= 15 is 8.78 Å². The van der Waals surface area contributed by atoms with Gasteiger partial charge in [0, 0.05) is 49.9 Å². The van der Waals surface area contributed by atoms with Crippen molar-refractivity contribution < 1.29 is 27.4 Å². The van der Waals surface area contributed by atoms with E-state index in [0.717, 1.165) is 32.2 Å². The number of aryl methyl sites for hydroxylation is 1. The fraction of sp³-hybridized carbons (Fsp3) is 0.471. The summed E-state index contributed by atoms with van der Waals surface area (Å²) < 4.78 is 67.3. The molecule has 4 aromatic rings. The molecule has 4 saturated heterocycles. The lowest BCUT2D eigenvalue weighted by Crippen LogP contribution is -2.51. The van der Waals surface area contributed by atoms with Crippen LogP contribution in [0.25, 0.3) is 32.8 Å². The number of anilines is 1. The Bertz CT molecular complexity index is 1790. The van der Waals surface area contributed by atoms with Crippen molar-refractivity contribution in [1.29, 1.82) is 0 Å². The Morgan fingerprint density at radius 1 is 1.07 bits per heavy atom. The molecule has 8 rings (SSSR count). The molecule has 4 atom stereocenters. The Balaban J connectivity index is 1.29. The Morgan fingerprint density at radius 3 is 2.69 bits per heavy atom. The van der Waals surface area contributed by atoms with Crippen LogP contribution < -0.4 is 15.0 Å². The highest BCUT2D eigenvalue weighted by molar-refractivity contribution is 6.03. The Kier molecular flexibility index (Phi) is 7.01. The third kappa shape index (κ3) is 4.86. The molecule has 11 heteroatoms. The van der Waals surface area contributed by atoms with Gasteiger partial charge in [-0.2, -0.15) is 9.97 Å². The lowest BCUT2D eigenvalue weighted by molar-refractivity contribution is 0.107. The summed E-state index contributed by atoms with van der Waals surface area (Å²) in [5.41, 5.74) is -0.217. The summed E-state index contributed by atoms with van der Waals surface area (Å²) in [6, 6.07) is 9.68. The van der Waals surface area contributed by atoms with E-state index in [-0.39, 0.29) is 58.9 Å². The number of nitrogens with zero attached hydrogens (tertiary/aromatic N) is 4. The molecule has 0 spiro atoms. The highest BCUT2D eigenvalue weighted by Crippen LogP contribution is 2.43. The van der Waals surface area contributed by atoms with E-state index in [4.69, 9.17) is 9.72 Å². The Hall–Kier alpha value is -3.70. The minimum Gasteiger partial charge on any atom is -0.508 e. The van der Waals surface area contributed by atoms with Gasteiger partial charge in [-0.05, 0) is 72.3 Å². The number of phenolic OH excluding ortho intramolecular Hbond substituents is 1. The zero-order valence-corrected chi connectivity index (χ0v) is 24.8. The maximum absolute atomic E-state index is 16.9. The van der Waals surface area contributed by atoms with Crippen LogP contribution >= 0.6 is 0 Å². The van der Waals surface area contributed by atoms with E-state index in [1.54, 1.807) is 18.2 Å². The van der Waals surface area contributed by atoms with E-state index in [1.807, 2.05) is 4.90 Å². The quantitative estimate of drug-likeness (QED) is 0.251. The average molecular weight is 622 g/mol. The number of aromatic nitrogens is 2. The van der Waals surface area contributed by atoms with Crippen molar-refractivity contribution in [3.63, 3.8) is 0 Å². The van der Waals surface area contributed by atoms with Crippen LogP contribution in [0, 0.1) is 11.6 Å². The van der Waals surface area contributed by atoms with Crippen molar-refractivity contribution >= 4 is 27.5 Å². The first-order chi connectivity index (χ1) is 21.8. The van der Waals surface area contributed by atoms with Crippen LogP contribution in [0.2, 0.25) is 0 Å². The highest BCUT2D eigenvalue weighted by Gasteiger charge is 2.49. The molecule has 2 N–H and O–H groups in total. The maximum atomic E-state index is 16.9. The summed E-state index contributed by atoms with van der Waals surface area (Å²) in [6.07, 6.45) is 3.25. The summed E-state index contributed by atoms with van der Waals surface area (Å²) in [6.45, 7) is 1.95. The lowest BCUT2D eigenvalue weighted by Gasteiger charge is -2.34. The molecular formula is C34H35F4N5O2. The van der Waals surface area contributed by atoms with E-state index in [1.165, 1.54) is 18.2 Å². The normalized spacial score (nSPS) is 26.3. The fourth-order valence-electron chi connectivity index (χ4n) is 8.33. The van der Waals surface area contributed by atoms with Gasteiger partial charge in [-0.3, -0.25) is 9.29 Å². The van der Waals surface area contributed by atoms with Gasteiger partial charge in [-0.1, -0.05) is 18.2 Å². The maximum Gasteiger partial charge on any atom is 0.319 e. The molecule has 4 aliphatic heterocycles. The number of phenols is 1. The van der Waals surface area contributed by atoms with Crippen molar-refractivity contribution in [2.75, 3.05) is 44.4 Å². The van der Waals surface area contributed by atoms with Crippen molar-refractivity contribution in [3.8, 4) is 22.9 Å². The second-order valence-electron chi connectivity index (χ2n) is 13.1. The smallest absolute Gasteiger partial charge is 0.319 e. The van der Waals surface area contributed by atoms with Crippen molar-refractivity contribution in [2.45, 2.75) is 62.3 Å². The molecule has 0 amide bonds. The zero-order valence-electron chi connectivity index (χ0n) is 24.8. The summed E-state index contributed by atoms with van der Waals surface area (Å²) >= 11 is 0. The first-order valence-corrected chi connectivity index (χ1v) is 15.9. The molecule has 45 heavy (non-hydrogen) atoms. The molecule has 5 heterocycles. The van der Waals surface area contributed by atoms with Crippen molar-refractivity contribution in [3.05, 3.63) is 53.6 Å². The van der Waals surface area contributed by atoms with Gasteiger partial charge in [0.15, 0.2) is 5.82 Å². The van der Waals surface area contributed by atoms with Crippen molar-refractivity contribution in [1.82, 2.24) is 20.2 Å². The van der Waals surface area contributed by atoms with Crippen LogP contribution in [0.15, 0.2) is 36.4 Å². The molecule has 2 bridgehead atoms. The lowest BCUT2D eigenvalue weighted by atomic mass is 9.92. The van der Waals surface area contributed by atoms with Gasteiger partial charge >= 0.3 is 6.01 Å². The molecule has 2 unspecified atom stereocenters. The number of rotatable bonds is 7.